The predicted molar refractivity (Wildman–Crippen MR) is 88.0 cm³/mol. The van der Waals surface area contributed by atoms with Crippen LogP contribution in [0, 0.1) is 5.92 Å². The van der Waals surface area contributed by atoms with Gasteiger partial charge in [-0.3, -0.25) is 0 Å². The van der Waals surface area contributed by atoms with E-state index in [9.17, 15) is 0 Å². The largest absolute Gasteiger partial charge is 0.496 e. The number of hydrogen-bond acceptors (Lipinski definition) is 3. The minimum Gasteiger partial charge on any atom is -0.496 e. The number of ether oxygens (including phenoxy) is 3. The molecule has 3 nitrogen and oxygen atoms in total. The number of unbranched alkanes of at least 4 members (excludes halogenated alkanes) is 1. The summed E-state index contributed by atoms with van der Waals surface area (Å²) < 4.78 is 16.3. The van der Waals surface area contributed by atoms with E-state index in [1.54, 1.807) is 21.3 Å². The van der Waals surface area contributed by atoms with Crippen LogP contribution in [0.3, 0.4) is 0 Å². The normalized spacial score (nSPS) is 13.6. The van der Waals surface area contributed by atoms with Crippen molar-refractivity contribution in [3.63, 3.8) is 0 Å². The second-order valence-electron chi connectivity index (χ2n) is 5.16. The molecule has 2 atom stereocenters. The molecule has 1 aromatic carbocycles. The van der Waals surface area contributed by atoms with Crippen LogP contribution in [-0.4, -0.2) is 21.3 Å². The minimum absolute atomic E-state index is 0.127. The zero-order valence-electron chi connectivity index (χ0n) is 13.7. The minimum atomic E-state index is -0.127. The van der Waals surface area contributed by atoms with Crippen LogP contribution in [0.25, 0.3) is 0 Å². The van der Waals surface area contributed by atoms with Crippen molar-refractivity contribution in [2.75, 3.05) is 21.3 Å². The molecule has 0 aromatic heterocycles. The van der Waals surface area contributed by atoms with Gasteiger partial charge in [0.2, 0.25) is 0 Å². The lowest BCUT2D eigenvalue weighted by atomic mass is 9.90. The van der Waals surface area contributed by atoms with Gasteiger partial charge in [-0.05, 0) is 12.3 Å². The molecular formula is C17H27ClO3. The maximum Gasteiger partial charge on any atom is 0.130 e. The van der Waals surface area contributed by atoms with Crippen molar-refractivity contribution in [2.45, 2.75) is 44.9 Å². The number of benzene rings is 1. The van der Waals surface area contributed by atoms with E-state index in [4.69, 9.17) is 25.8 Å². The average molecular weight is 315 g/mol. The molecule has 2 unspecified atom stereocenters. The lowest BCUT2D eigenvalue weighted by Crippen LogP contribution is -2.10. The van der Waals surface area contributed by atoms with E-state index < -0.39 is 0 Å². The Kier molecular flexibility index (Phi) is 7.73. The van der Waals surface area contributed by atoms with Crippen LogP contribution in [0.1, 0.15) is 50.5 Å². The highest BCUT2D eigenvalue weighted by molar-refractivity contribution is 6.21. The second kappa shape index (κ2) is 9.04. The Morgan fingerprint density at radius 3 is 1.95 bits per heavy atom. The van der Waals surface area contributed by atoms with Crippen LogP contribution in [0.2, 0.25) is 0 Å². The Hall–Kier alpha value is -1.09. The fraction of sp³-hybridized carbons (Fsp3) is 0.647. The van der Waals surface area contributed by atoms with E-state index >= 15 is 0 Å². The van der Waals surface area contributed by atoms with E-state index in [0.717, 1.165) is 29.9 Å². The summed E-state index contributed by atoms with van der Waals surface area (Å²) in [6, 6.07) is 3.72. The molecular weight excluding hydrogens is 288 g/mol. The van der Waals surface area contributed by atoms with Crippen LogP contribution in [0.5, 0.6) is 17.2 Å². The molecule has 0 heterocycles. The second-order valence-corrected chi connectivity index (χ2v) is 5.63. The molecule has 1 rings (SSSR count). The summed E-state index contributed by atoms with van der Waals surface area (Å²) in [6.07, 6.45) is 4.51. The van der Waals surface area contributed by atoms with Gasteiger partial charge in [0.25, 0.3) is 0 Å². The molecule has 1 aromatic rings. The zero-order valence-corrected chi connectivity index (χ0v) is 14.5. The fourth-order valence-electron chi connectivity index (χ4n) is 2.56. The van der Waals surface area contributed by atoms with Crippen molar-refractivity contribution in [3.05, 3.63) is 17.7 Å². The highest BCUT2D eigenvalue weighted by Gasteiger charge is 2.26. The van der Waals surface area contributed by atoms with E-state index in [1.807, 2.05) is 12.1 Å². The standard InChI is InChI=1S/C17H27ClO3/c1-6-8-9-12(7-2)17(18)16-14(20-4)10-13(19-3)11-15(16)21-5/h10-12,17H,6-9H2,1-5H3. The Bertz CT molecular complexity index is 409. The summed E-state index contributed by atoms with van der Waals surface area (Å²) in [5.41, 5.74) is 0.922. The molecule has 0 amide bonds. The predicted octanol–water partition coefficient (Wildman–Crippen LogP) is 5.21. The number of hydrogen-bond donors (Lipinski definition) is 0. The SMILES string of the molecule is CCCCC(CC)C(Cl)c1c(OC)cc(OC)cc1OC. The number of rotatable bonds is 9. The molecule has 0 aliphatic carbocycles. The topological polar surface area (TPSA) is 27.7 Å². The summed E-state index contributed by atoms with van der Waals surface area (Å²) in [5, 5.41) is -0.127. The van der Waals surface area contributed by atoms with Crippen LogP contribution in [-0.2, 0) is 0 Å². The maximum atomic E-state index is 6.77. The summed E-state index contributed by atoms with van der Waals surface area (Å²) in [5.74, 6) is 2.56. The smallest absolute Gasteiger partial charge is 0.130 e. The van der Waals surface area contributed by atoms with Crippen molar-refractivity contribution >= 4 is 11.6 Å². The van der Waals surface area contributed by atoms with Gasteiger partial charge in [-0.15, -0.1) is 11.6 Å². The van der Waals surface area contributed by atoms with Crippen molar-refractivity contribution in [3.8, 4) is 17.2 Å². The van der Waals surface area contributed by atoms with Crippen LogP contribution in [0.15, 0.2) is 12.1 Å². The van der Waals surface area contributed by atoms with E-state index in [1.165, 1.54) is 12.8 Å². The molecule has 4 heteroatoms. The monoisotopic (exact) mass is 314 g/mol. The first-order valence-corrected chi connectivity index (χ1v) is 8.00. The van der Waals surface area contributed by atoms with Crippen molar-refractivity contribution in [1.29, 1.82) is 0 Å². The van der Waals surface area contributed by atoms with Gasteiger partial charge >= 0.3 is 0 Å². The Balaban J connectivity index is 3.18. The first-order chi connectivity index (χ1) is 10.1. The molecule has 0 bridgehead atoms. The van der Waals surface area contributed by atoms with Gasteiger partial charge in [-0.2, -0.15) is 0 Å². The molecule has 0 saturated carbocycles. The van der Waals surface area contributed by atoms with Gasteiger partial charge in [-0.25, -0.2) is 0 Å². The number of methoxy groups -OCH3 is 3. The Morgan fingerprint density at radius 2 is 1.57 bits per heavy atom. The van der Waals surface area contributed by atoms with Crippen molar-refractivity contribution in [2.24, 2.45) is 5.92 Å². The van der Waals surface area contributed by atoms with E-state index in [0.29, 0.717) is 11.7 Å². The molecule has 0 fully saturated rings. The fourth-order valence-corrected chi connectivity index (χ4v) is 3.08. The number of alkyl halides is 1. The number of halogens is 1. The van der Waals surface area contributed by atoms with Gasteiger partial charge in [0.1, 0.15) is 17.2 Å². The Labute approximate surface area is 133 Å². The summed E-state index contributed by atoms with van der Waals surface area (Å²) in [6.45, 7) is 4.38. The van der Waals surface area contributed by atoms with Gasteiger partial charge in [0.15, 0.2) is 0 Å². The van der Waals surface area contributed by atoms with Crippen LogP contribution in [0.4, 0.5) is 0 Å². The molecule has 0 aliphatic heterocycles. The summed E-state index contributed by atoms with van der Waals surface area (Å²) in [7, 11) is 4.92. The van der Waals surface area contributed by atoms with Crippen molar-refractivity contribution < 1.29 is 14.2 Å². The van der Waals surface area contributed by atoms with E-state index in [-0.39, 0.29) is 5.38 Å². The molecule has 21 heavy (non-hydrogen) atoms. The van der Waals surface area contributed by atoms with Crippen LogP contribution >= 0.6 is 11.6 Å². The third kappa shape index (κ3) is 4.44. The molecule has 120 valence electrons. The third-order valence-corrected chi connectivity index (χ3v) is 4.47. The third-order valence-electron chi connectivity index (χ3n) is 3.90. The average Bonchev–Trinajstić information content (AvgIpc) is 2.53. The van der Waals surface area contributed by atoms with Gasteiger partial charge in [0.05, 0.1) is 32.3 Å². The van der Waals surface area contributed by atoms with Gasteiger partial charge < -0.3 is 14.2 Å². The molecule has 0 saturated heterocycles. The van der Waals surface area contributed by atoms with Gasteiger partial charge in [0, 0.05) is 12.1 Å². The first-order valence-electron chi connectivity index (χ1n) is 7.56. The Morgan fingerprint density at radius 1 is 1.00 bits per heavy atom. The first kappa shape index (κ1) is 18.0. The van der Waals surface area contributed by atoms with Gasteiger partial charge in [-0.1, -0.05) is 33.1 Å². The highest BCUT2D eigenvalue weighted by Crippen LogP contribution is 2.45. The maximum absolute atomic E-state index is 6.77. The van der Waals surface area contributed by atoms with Crippen LogP contribution < -0.4 is 14.2 Å². The highest BCUT2D eigenvalue weighted by atomic mass is 35.5. The lowest BCUT2D eigenvalue weighted by molar-refractivity contribution is 0.355. The lowest BCUT2D eigenvalue weighted by Gasteiger charge is -2.25. The van der Waals surface area contributed by atoms with E-state index in [2.05, 4.69) is 13.8 Å². The molecule has 0 radical (unpaired) electrons. The summed E-state index contributed by atoms with van der Waals surface area (Å²) in [4.78, 5) is 0. The quantitative estimate of drug-likeness (QED) is 0.586. The molecule has 0 spiro atoms. The molecule has 0 aliphatic rings. The zero-order chi connectivity index (χ0) is 15.8. The molecule has 0 N–H and O–H groups in total. The van der Waals surface area contributed by atoms with Crippen molar-refractivity contribution in [1.82, 2.24) is 0 Å². The summed E-state index contributed by atoms with van der Waals surface area (Å²) >= 11 is 6.77.